The van der Waals surface area contributed by atoms with Crippen LogP contribution in [0.1, 0.15) is 87.9 Å². The van der Waals surface area contributed by atoms with Crippen molar-refractivity contribution in [2.24, 2.45) is 17.3 Å². The van der Waals surface area contributed by atoms with Crippen molar-refractivity contribution in [2.45, 2.75) is 110 Å². The van der Waals surface area contributed by atoms with Crippen LogP contribution in [0.4, 0.5) is 0 Å². The molecule has 236 valence electrons. The van der Waals surface area contributed by atoms with Crippen LogP contribution in [0.15, 0.2) is 42.5 Å². The highest BCUT2D eigenvalue weighted by Crippen LogP contribution is 2.65. The molecule has 0 radical (unpaired) electrons. The molecule has 0 unspecified atom stereocenters. The van der Waals surface area contributed by atoms with Crippen LogP contribution >= 0.6 is 0 Å². The Hall–Kier alpha value is -2.84. The van der Waals surface area contributed by atoms with E-state index in [1.807, 2.05) is 75.1 Å². The lowest BCUT2D eigenvalue weighted by atomic mass is 9.43. The van der Waals surface area contributed by atoms with Crippen molar-refractivity contribution in [1.82, 2.24) is 4.90 Å². The van der Waals surface area contributed by atoms with Gasteiger partial charge in [0.05, 0.1) is 24.8 Å². The van der Waals surface area contributed by atoms with Gasteiger partial charge in [-0.2, -0.15) is 0 Å². The van der Waals surface area contributed by atoms with Crippen molar-refractivity contribution in [2.75, 3.05) is 13.1 Å². The standard InChI is InChI=1S/C36H48BNO6/c1-23-25(17-18-37-43-30-20-26-19-29(35(26,5)6)36(30,7)44-37)14-15-28(32(23)33(40)42-34(2,3)4)41-27-21-38(22-27)31(39)16-13-24-11-9-8-10-12-24/h8-12,14-15,26-27,29-30H,13,16-22H2,1-7H3/t26-,29-,30+,36-/m0/s1. The molecule has 2 aromatic carbocycles. The monoisotopic (exact) mass is 601 g/mol. The summed E-state index contributed by atoms with van der Waals surface area (Å²) >= 11 is 0. The Bertz CT molecular complexity index is 1400. The predicted octanol–water partition coefficient (Wildman–Crippen LogP) is 6.44. The minimum absolute atomic E-state index is 0.124. The van der Waals surface area contributed by atoms with Crippen molar-refractivity contribution in [3.63, 3.8) is 0 Å². The van der Waals surface area contributed by atoms with Crippen LogP contribution in [-0.2, 0) is 31.7 Å². The molecule has 7 rings (SSSR count). The zero-order chi connectivity index (χ0) is 31.4. The van der Waals surface area contributed by atoms with Crippen molar-refractivity contribution in [3.8, 4) is 5.75 Å². The normalized spacial score (nSPS) is 27.3. The van der Waals surface area contributed by atoms with Gasteiger partial charge in [0.2, 0.25) is 5.91 Å². The molecule has 1 amide bonds. The summed E-state index contributed by atoms with van der Waals surface area (Å²) in [7, 11) is -0.249. The predicted molar refractivity (Wildman–Crippen MR) is 171 cm³/mol. The van der Waals surface area contributed by atoms with Gasteiger partial charge in [0.15, 0.2) is 0 Å². The third-order valence-corrected chi connectivity index (χ3v) is 10.8. The Kier molecular flexibility index (Phi) is 8.15. The summed E-state index contributed by atoms with van der Waals surface area (Å²) in [5.41, 5.74) is 2.98. The number of nitrogens with zero attached hydrogens (tertiary/aromatic N) is 1. The number of ether oxygens (including phenoxy) is 2. The minimum atomic E-state index is -0.638. The lowest BCUT2D eigenvalue weighted by molar-refractivity contribution is -0.199. The topological polar surface area (TPSA) is 74.3 Å². The first kappa shape index (κ1) is 31.2. The summed E-state index contributed by atoms with van der Waals surface area (Å²) in [6, 6.07) is 14.0. The molecule has 44 heavy (non-hydrogen) atoms. The molecule has 5 aliphatic rings. The van der Waals surface area contributed by atoms with Crippen LogP contribution in [-0.4, -0.2) is 60.4 Å². The summed E-state index contributed by atoms with van der Waals surface area (Å²) in [4.78, 5) is 28.1. The van der Waals surface area contributed by atoms with Crippen LogP contribution in [0.2, 0.25) is 6.32 Å². The molecule has 2 heterocycles. The van der Waals surface area contributed by atoms with Crippen molar-refractivity contribution in [1.29, 1.82) is 0 Å². The van der Waals surface area contributed by atoms with Crippen LogP contribution < -0.4 is 4.74 Å². The van der Waals surface area contributed by atoms with Crippen LogP contribution in [0.25, 0.3) is 0 Å². The lowest BCUT2D eigenvalue weighted by Crippen LogP contribution is -2.65. The number of carbonyl (C=O) groups excluding carboxylic acids is 2. The quantitative estimate of drug-likeness (QED) is 0.243. The SMILES string of the molecule is Cc1c(CCB2O[C@@H]3C[C@@H]4C[C@@H](C4(C)C)[C@]3(C)O2)ccc(OC2CN(C(=O)CCc3ccccc3)C2)c1C(=O)OC(C)(C)C. The summed E-state index contributed by atoms with van der Waals surface area (Å²) in [6.45, 7) is 15.6. The Morgan fingerprint density at radius 3 is 2.43 bits per heavy atom. The second-order valence-electron chi connectivity index (χ2n) is 15.2. The molecule has 2 saturated heterocycles. The molecule has 5 fully saturated rings. The number of esters is 1. The van der Waals surface area contributed by atoms with Crippen molar-refractivity contribution in [3.05, 3.63) is 64.7 Å². The van der Waals surface area contributed by atoms with Gasteiger partial charge in [-0.05, 0) is 107 Å². The molecule has 7 nitrogen and oxygen atoms in total. The Labute approximate surface area is 263 Å². The number of hydrogen-bond acceptors (Lipinski definition) is 6. The molecular formula is C36H48BNO6. The van der Waals surface area contributed by atoms with E-state index in [0.717, 1.165) is 42.3 Å². The van der Waals surface area contributed by atoms with Gasteiger partial charge in [-0.15, -0.1) is 0 Å². The average molecular weight is 602 g/mol. The first-order valence-electron chi connectivity index (χ1n) is 16.4. The molecule has 2 aliphatic heterocycles. The van der Waals surface area contributed by atoms with Gasteiger partial charge in [-0.1, -0.05) is 50.2 Å². The lowest BCUT2D eigenvalue weighted by Gasteiger charge is -2.64. The molecular weight excluding hydrogens is 553 g/mol. The molecule has 2 aromatic rings. The molecule has 0 spiro atoms. The fraction of sp³-hybridized carbons (Fsp3) is 0.611. The number of hydrogen-bond donors (Lipinski definition) is 0. The van der Waals surface area contributed by atoms with E-state index >= 15 is 0 Å². The third kappa shape index (κ3) is 5.92. The zero-order valence-corrected chi connectivity index (χ0v) is 27.5. The van der Waals surface area contributed by atoms with Gasteiger partial charge in [-0.25, -0.2) is 4.79 Å². The Balaban J connectivity index is 1.10. The number of rotatable bonds is 9. The largest absolute Gasteiger partial charge is 0.486 e. The van der Waals surface area contributed by atoms with Gasteiger partial charge in [0, 0.05) is 6.42 Å². The minimum Gasteiger partial charge on any atom is -0.486 e. The van der Waals surface area contributed by atoms with E-state index in [0.29, 0.717) is 48.1 Å². The highest BCUT2D eigenvalue weighted by Gasteiger charge is 2.67. The van der Waals surface area contributed by atoms with Crippen LogP contribution in [0, 0.1) is 24.2 Å². The van der Waals surface area contributed by atoms with Crippen LogP contribution in [0.3, 0.4) is 0 Å². The molecule has 3 aliphatic carbocycles. The molecule has 2 bridgehead atoms. The molecule has 8 heteroatoms. The van der Waals surface area contributed by atoms with Crippen LogP contribution in [0.5, 0.6) is 5.75 Å². The Morgan fingerprint density at radius 2 is 1.75 bits per heavy atom. The van der Waals surface area contributed by atoms with E-state index in [-0.39, 0.29) is 30.8 Å². The van der Waals surface area contributed by atoms with Crippen molar-refractivity contribution < 1.29 is 28.4 Å². The second kappa shape index (κ2) is 11.5. The molecule has 3 saturated carbocycles. The Morgan fingerprint density at radius 1 is 1.02 bits per heavy atom. The van der Waals surface area contributed by atoms with Gasteiger partial charge in [0.1, 0.15) is 23.0 Å². The number of amides is 1. The first-order valence-corrected chi connectivity index (χ1v) is 16.4. The highest BCUT2D eigenvalue weighted by molar-refractivity contribution is 6.45. The summed E-state index contributed by atoms with van der Waals surface area (Å²) < 4.78 is 25.3. The summed E-state index contributed by atoms with van der Waals surface area (Å²) in [6.07, 6.45) is 4.94. The zero-order valence-electron chi connectivity index (χ0n) is 27.5. The van der Waals surface area contributed by atoms with E-state index in [4.69, 9.17) is 18.8 Å². The average Bonchev–Trinajstić information content (AvgIpc) is 3.28. The van der Waals surface area contributed by atoms with Gasteiger partial charge in [-0.3, -0.25) is 4.79 Å². The smallest absolute Gasteiger partial charge is 0.457 e. The van der Waals surface area contributed by atoms with E-state index in [9.17, 15) is 9.59 Å². The fourth-order valence-corrected chi connectivity index (χ4v) is 7.98. The molecule has 0 N–H and O–H groups in total. The summed E-state index contributed by atoms with van der Waals surface area (Å²) in [5.74, 6) is 1.49. The highest BCUT2D eigenvalue weighted by atomic mass is 16.7. The van der Waals surface area contributed by atoms with Gasteiger partial charge in [0.25, 0.3) is 0 Å². The number of benzene rings is 2. The van der Waals surface area contributed by atoms with E-state index in [2.05, 4.69) is 20.8 Å². The van der Waals surface area contributed by atoms with Gasteiger partial charge < -0.3 is 23.7 Å². The molecule has 4 atom stereocenters. The van der Waals surface area contributed by atoms with Gasteiger partial charge >= 0.3 is 13.1 Å². The third-order valence-electron chi connectivity index (χ3n) is 10.8. The maximum atomic E-state index is 13.5. The van der Waals surface area contributed by atoms with Crippen molar-refractivity contribution >= 4 is 19.0 Å². The first-order chi connectivity index (χ1) is 20.7. The molecule has 0 aromatic heterocycles. The van der Waals surface area contributed by atoms with E-state index in [1.54, 1.807) is 0 Å². The number of likely N-dealkylation sites (tertiary alicyclic amines) is 1. The number of carbonyl (C=O) groups is 2. The maximum absolute atomic E-state index is 13.5. The van der Waals surface area contributed by atoms with E-state index in [1.165, 1.54) is 6.42 Å². The summed E-state index contributed by atoms with van der Waals surface area (Å²) in [5, 5.41) is 0. The fourth-order valence-electron chi connectivity index (χ4n) is 7.98. The maximum Gasteiger partial charge on any atom is 0.457 e. The number of aryl methyl sites for hydroxylation is 2. The second-order valence-corrected chi connectivity index (χ2v) is 15.2. The van der Waals surface area contributed by atoms with E-state index < -0.39 is 11.6 Å².